The van der Waals surface area contributed by atoms with Crippen molar-refractivity contribution in [3.05, 3.63) is 12.3 Å². The highest BCUT2D eigenvalue weighted by Gasteiger charge is 2.30. The lowest BCUT2D eigenvalue weighted by molar-refractivity contribution is -0.134. The van der Waals surface area contributed by atoms with Gasteiger partial charge in [0.2, 0.25) is 11.9 Å². The van der Waals surface area contributed by atoms with Gasteiger partial charge in [-0.2, -0.15) is 4.98 Å². The molecule has 34 heavy (non-hydrogen) atoms. The second-order valence-corrected chi connectivity index (χ2v) is 11.8. The van der Waals surface area contributed by atoms with E-state index in [9.17, 15) is 4.79 Å². The van der Waals surface area contributed by atoms with Gasteiger partial charge in [-0.15, -0.1) is 0 Å². The van der Waals surface area contributed by atoms with E-state index in [1.54, 1.807) is 0 Å². The van der Waals surface area contributed by atoms with E-state index in [0.717, 1.165) is 70.3 Å². The van der Waals surface area contributed by atoms with Crippen LogP contribution in [-0.4, -0.2) is 77.0 Å². The summed E-state index contributed by atoms with van der Waals surface area (Å²) in [6.07, 6.45) is 13.5. The van der Waals surface area contributed by atoms with Crippen molar-refractivity contribution >= 4 is 17.7 Å². The topological polar surface area (TPSA) is 64.6 Å². The molecule has 1 atom stereocenters. The van der Waals surface area contributed by atoms with Gasteiger partial charge in [-0.1, -0.05) is 40.0 Å². The van der Waals surface area contributed by atoms with E-state index in [1.807, 2.05) is 6.20 Å². The van der Waals surface area contributed by atoms with Crippen molar-refractivity contribution < 1.29 is 4.79 Å². The predicted molar refractivity (Wildman–Crippen MR) is 139 cm³/mol. The molecule has 0 aliphatic carbocycles. The summed E-state index contributed by atoms with van der Waals surface area (Å²) in [6, 6.07) is 3.01. The first kappa shape index (κ1) is 25.2. The van der Waals surface area contributed by atoms with Gasteiger partial charge in [0.25, 0.3) is 0 Å². The number of nitrogens with zero attached hydrogens (tertiary/aromatic N) is 5. The molecule has 0 aromatic carbocycles. The van der Waals surface area contributed by atoms with E-state index in [1.165, 1.54) is 38.5 Å². The quantitative estimate of drug-likeness (QED) is 0.681. The van der Waals surface area contributed by atoms with Gasteiger partial charge in [0.1, 0.15) is 5.82 Å². The summed E-state index contributed by atoms with van der Waals surface area (Å²) >= 11 is 0. The molecule has 7 heteroatoms. The van der Waals surface area contributed by atoms with Gasteiger partial charge in [0.15, 0.2) is 0 Å². The molecule has 1 N–H and O–H groups in total. The molecule has 1 amide bonds. The number of nitrogens with one attached hydrogen (secondary N) is 1. The van der Waals surface area contributed by atoms with Crippen molar-refractivity contribution in [1.29, 1.82) is 0 Å². The highest BCUT2D eigenvalue weighted by molar-refractivity contribution is 5.76. The summed E-state index contributed by atoms with van der Waals surface area (Å²) < 4.78 is 0. The van der Waals surface area contributed by atoms with E-state index >= 15 is 0 Å². The summed E-state index contributed by atoms with van der Waals surface area (Å²) in [5.74, 6) is 2.16. The van der Waals surface area contributed by atoms with Crippen molar-refractivity contribution in [2.45, 2.75) is 97.1 Å². The molecule has 7 nitrogen and oxygen atoms in total. The molecular formula is C27H46N6O. The maximum Gasteiger partial charge on any atom is 0.224 e. The number of amides is 1. The van der Waals surface area contributed by atoms with Crippen molar-refractivity contribution in [2.75, 3.05) is 49.5 Å². The third-order valence-corrected chi connectivity index (χ3v) is 7.62. The van der Waals surface area contributed by atoms with Crippen LogP contribution in [-0.2, 0) is 4.79 Å². The molecule has 3 saturated heterocycles. The lowest BCUT2D eigenvalue weighted by Crippen LogP contribution is -2.49. The van der Waals surface area contributed by atoms with Crippen LogP contribution in [0.1, 0.15) is 85.0 Å². The van der Waals surface area contributed by atoms with Crippen molar-refractivity contribution in [2.24, 2.45) is 5.41 Å². The molecule has 3 fully saturated rings. The number of hydrogen-bond donors (Lipinski definition) is 1. The standard InChI is InChI=1S/C27H46N6O/c1-27(2,3)20-25(34)32-18-12-23(13-19-32)33-17-9-6-10-22(21-33)29-26-28-14-11-24(30-26)31-15-7-4-5-8-16-31/h11,14,22-23H,4-10,12-13,15-21H2,1-3H3,(H,28,29,30). The summed E-state index contributed by atoms with van der Waals surface area (Å²) in [6.45, 7) is 12.6. The van der Waals surface area contributed by atoms with Crippen LogP contribution in [0.5, 0.6) is 0 Å². The minimum Gasteiger partial charge on any atom is -0.356 e. The number of piperidine rings is 1. The average Bonchev–Trinajstić information content (AvgIpc) is 3.22. The van der Waals surface area contributed by atoms with Gasteiger partial charge in [-0.3, -0.25) is 9.69 Å². The van der Waals surface area contributed by atoms with Crippen molar-refractivity contribution in [3.8, 4) is 0 Å². The Morgan fingerprint density at radius 1 is 0.971 bits per heavy atom. The molecule has 0 bridgehead atoms. The SMILES string of the molecule is CC(C)(C)CC(=O)N1CCC(N2CCCCC(Nc3nccc(N4CCCCCC4)n3)C2)CC1. The predicted octanol–water partition coefficient (Wildman–Crippen LogP) is 4.55. The second-order valence-electron chi connectivity index (χ2n) is 11.8. The number of aromatic nitrogens is 2. The first-order chi connectivity index (χ1) is 16.4. The smallest absolute Gasteiger partial charge is 0.224 e. The zero-order chi connectivity index (χ0) is 24.0. The molecular weight excluding hydrogens is 424 g/mol. The number of likely N-dealkylation sites (tertiary alicyclic amines) is 2. The molecule has 0 radical (unpaired) electrons. The van der Waals surface area contributed by atoms with Crippen LogP contribution in [0, 0.1) is 5.41 Å². The molecule has 1 unspecified atom stereocenters. The van der Waals surface area contributed by atoms with E-state index < -0.39 is 0 Å². The largest absolute Gasteiger partial charge is 0.356 e. The number of carbonyl (C=O) groups is 1. The minimum absolute atomic E-state index is 0.0597. The number of anilines is 2. The van der Waals surface area contributed by atoms with Gasteiger partial charge in [0.05, 0.1) is 0 Å². The van der Waals surface area contributed by atoms with Gasteiger partial charge >= 0.3 is 0 Å². The zero-order valence-electron chi connectivity index (χ0n) is 21.8. The van der Waals surface area contributed by atoms with Gasteiger partial charge in [0, 0.05) is 57.4 Å². The Balaban J connectivity index is 1.31. The maximum atomic E-state index is 12.7. The molecule has 0 saturated carbocycles. The Morgan fingerprint density at radius 2 is 1.68 bits per heavy atom. The van der Waals surface area contributed by atoms with Crippen LogP contribution in [0.15, 0.2) is 12.3 Å². The Kier molecular flexibility index (Phi) is 8.67. The fourth-order valence-electron chi connectivity index (χ4n) is 5.74. The second kappa shape index (κ2) is 11.7. The third kappa shape index (κ3) is 7.30. The molecule has 1 aromatic heterocycles. The third-order valence-electron chi connectivity index (χ3n) is 7.62. The van der Waals surface area contributed by atoms with Crippen LogP contribution in [0.3, 0.4) is 0 Å². The first-order valence-electron chi connectivity index (χ1n) is 13.7. The Hall–Kier alpha value is -1.89. The van der Waals surface area contributed by atoms with Gasteiger partial charge in [-0.05, 0) is 56.6 Å². The van der Waals surface area contributed by atoms with Gasteiger partial charge in [-0.25, -0.2) is 4.98 Å². The molecule has 190 valence electrons. The first-order valence-corrected chi connectivity index (χ1v) is 13.7. The van der Waals surface area contributed by atoms with Crippen LogP contribution in [0.4, 0.5) is 11.8 Å². The molecule has 4 heterocycles. The van der Waals surface area contributed by atoms with Crippen molar-refractivity contribution in [1.82, 2.24) is 19.8 Å². The molecule has 0 spiro atoms. The number of hydrogen-bond acceptors (Lipinski definition) is 6. The minimum atomic E-state index is 0.0597. The van der Waals surface area contributed by atoms with Crippen LogP contribution in [0.25, 0.3) is 0 Å². The number of carbonyl (C=O) groups excluding carboxylic acids is 1. The van der Waals surface area contributed by atoms with E-state index in [2.05, 4.69) is 51.8 Å². The molecule has 4 rings (SSSR count). The monoisotopic (exact) mass is 470 g/mol. The number of rotatable bonds is 5. The highest BCUT2D eigenvalue weighted by atomic mass is 16.2. The van der Waals surface area contributed by atoms with Crippen LogP contribution >= 0.6 is 0 Å². The maximum absolute atomic E-state index is 12.7. The van der Waals surface area contributed by atoms with Crippen LogP contribution in [0.2, 0.25) is 0 Å². The lowest BCUT2D eigenvalue weighted by atomic mass is 9.91. The highest BCUT2D eigenvalue weighted by Crippen LogP contribution is 2.25. The lowest BCUT2D eigenvalue weighted by Gasteiger charge is -2.39. The van der Waals surface area contributed by atoms with Crippen LogP contribution < -0.4 is 10.2 Å². The summed E-state index contributed by atoms with van der Waals surface area (Å²) in [4.78, 5) is 29.3. The van der Waals surface area contributed by atoms with Crippen molar-refractivity contribution in [3.63, 3.8) is 0 Å². The van der Waals surface area contributed by atoms with Gasteiger partial charge < -0.3 is 15.1 Å². The Labute approximate surface area is 206 Å². The average molecular weight is 471 g/mol. The van der Waals surface area contributed by atoms with E-state index in [0.29, 0.717) is 24.4 Å². The fourth-order valence-corrected chi connectivity index (χ4v) is 5.74. The molecule has 1 aromatic rings. The summed E-state index contributed by atoms with van der Waals surface area (Å²) in [5.41, 5.74) is 0.0597. The fraction of sp³-hybridized carbons (Fsp3) is 0.815. The van der Waals surface area contributed by atoms with E-state index in [-0.39, 0.29) is 5.41 Å². The Morgan fingerprint density at radius 3 is 2.38 bits per heavy atom. The summed E-state index contributed by atoms with van der Waals surface area (Å²) in [7, 11) is 0. The molecule has 3 aliphatic rings. The normalized spacial score (nSPS) is 23.9. The Bertz CT molecular complexity index is 778. The molecule has 3 aliphatic heterocycles. The van der Waals surface area contributed by atoms with E-state index in [4.69, 9.17) is 4.98 Å². The summed E-state index contributed by atoms with van der Waals surface area (Å²) in [5, 5.41) is 3.68. The zero-order valence-corrected chi connectivity index (χ0v) is 21.8.